The molecule has 4 heteroatoms. The third-order valence-corrected chi connectivity index (χ3v) is 3.57. The molecule has 0 amide bonds. The molecule has 0 saturated heterocycles. The molecule has 23 heavy (non-hydrogen) atoms. The summed E-state index contributed by atoms with van der Waals surface area (Å²) in [5.41, 5.74) is 2.14. The summed E-state index contributed by atoms with van der Waals surface area (Å²) in [4.78, 5) is 8.44. The standard InChI is InChI=1S/C19H20N2O2/c1-15-8-10-16(11-9-15)22-12-4-5-13-23-19-17-6-2-3-7-18(17)20-14-21-19/h2-3,6-11,14H,4-5,12-13H2,1H3. The van der Waals surface area contributed by atoms with E-state index in [-0.39, 0.29) is 0 Å². The van der Waals surface area contributed by atoms with Crippen molar-refractivity contribution in [1.29, 1.82) is 0 Å². The predicted octanol–water partition coefficient (Wildman–Crippen LogP) is 4.18. The van der Waals surface area contributed by atoms with Gasteiger partial charge in [-0.05, 0) is 44.0 Å². The minimum Gasteiger partial charge on any atom is -0.494 e. The Labute approximate surface area is 136 Å². The van der Waals surface area contributed by atoms with E-state index in [0.29, 0.717) is 19.1 Å². The van der Waals surface area contributed by atoms with Gasteiger partial charge in [-0.1, -0.05) is 29.8 Å². The van der Waals surface area contributed by atoms with Gasteiger partial charge >= 0.3 is 0 Å². The van der Waals surface area contributed by atoms with Gasteiger partial charge in [0.2, 0.25) is 5.88 Å². The number of rotatable bonds is 7. The second-order valence-corrected chi connectivity index (χ2v) is 5.41. The van der Waals surface area contributed by atoms with E-state index < -0.39 is 0 Å². The number of hydrogen-bond acceptors (Lipinski definition) is 4. The molecule has 0 radical (unpaired) electrons. The highest BCUT2D eigenvalue weighted by atomic mass is 16.5. The highest BCUT2D eigenvalue weighted by Gasteiger charge is 2.03. The Balaban J connectivity index is 1.42. The van der Waals surface area contributed by atoms with Gasteiger partial charge in [0.25, 0.3) is 0 Å². The van der Waals surface area contributed by atoms with Crippen molar-refractivity contribution in [2.45, 2.75) is 19.8 Å². The lowest BCUT2D eigenvalue weighted by molar-refractivity contribution is 0.263. The van der Waals surface area contributed by atoms with E-state index in [4.69, 9.17) is 9.47 Å². The van der Waals surface area contributed by atoms with Crippen molar-refractivity contribution in [3.05, 3.63) is 60.4 Å². The van der Waals surface area contributed by atoms with Gasteiger partial charge in [0.1, 0.15) is 12.1 Å². The first-order chi connectivity index (χ1) is 11.3. The summed E-state index contributed by atoms with van der Waals surface area (Å²) in [5, 5.41) is 0.950. The van der Waals surface area contributed by atoms with Gasteiger partial charge in [-0.2, -0.15) is 0 Å². The zero-order valence-corrected chi connectivity index (χ0v) is 13.2. The van der Waals surface area contributed by atoms with Crippen LogP contribution in [0.25, 0.3) is 10.9 Å². The van der Waals surface area contributed by atoms with E-state index in [1.807, 2.05) is 36.4 Å². The van der Waals surface area contributed by atoms with Crippen LogP contribution in [0.4, 0.5) is 0 Å². The summed E-state index contributed by atoms with van der Waals surface area (Å²) in [6.07, 6.45) is 3.40. The minimum atomic E-state index is 0.623. The van der Waals surface area contributed by atoms with Crippen molar-refractivity contribution in [1.82, 2.24) is 9.97 Å². The largest absolute Gasteiger partial charge is 0.494 e. The molecule has 0 aliphatic heterocycles. The zero-order valence-electron chi connectivity index (χ0n) is 13.2. The van der Waals surface area contributed by atoms with Crippen molar-refractivity contribution < 1.29 is 9.47 Å². The van der Waals surface area contributed by atoms with Crippen LogP contribution < -0.4 is 9.47 Å². The molecule has 0 fully saturated rings. The van der Waals surface area contributed by atoms with E-state index >= 15 is 0 Å². The van der Waals surface area contributed by atoms with Crippen LogP contribution in [-0.2, 0) is 0 Å². The van der Waals surface area contributed by atoms with Crippen LogP contribution in [0.5, 0.6) is 11.6 Å². The minimum absolute atomic E-state index is 0.623. The lowest BCUT2D eigenvalue weighted by Gasteiger charge is -2.08. The number of ether oxygens (including phenoxy) is 2. The molecular weight excluding hydrogens is 288 g/mol. The maximum absolute atomic E-state index is 5.78. The van der Waals surface area contributed by atoms with E-state index in [0.717, 1.165) is 29.5 Å². The first kappa shape index (κ1) is 15.3. The summed E-state index contributed by atoms with van der Waals surface area (Å²) in [6, 6.07) is 16.0. The maximum Gasteiger partial charge on any atom is 0.224 e. The monoisotopic (exact) mass is 308 g/mol. The van der Waals surface area contributed by atoms with Gasteiger partial charge in [-0.25, -0.2) is 9.97 Å². The lowest BCUT2D eigenvalue weighted by atomic mass is 10.2. The number of fused-ring (bicyclic) bond motifs is 1. The Hall–Kier alpha value is -2.62. The summed E-state index contributed by atoms with van der Waals surface area (Å²) < 4.78 is 11.5. The van der Waals surface area contributed by atoms with Gasteiger partial charge < -0.3 is 9.47 Å². The number of benzene rings is 2. The molecule has 3 aromatic rings. The molecule has 0 spiro atoms. The van der Waals surface area contributed by atoms with Gasteiger partial charge in [-0.3, -0.25) is 0 Å². The number of hydrogen-bond donors (Lipinski definition) is 0. The molecule has 3 rings (SSSR count). The fourth-order valence-corrected chi connectivity index (χ4v) is 2.29. The third-order valence-electron chi connectivity index (χ3n) is 3.57. The SMILES string of the molecule is Cc1ccc(OCCCCOc2ncnc3ccccc23)cc1. The molecule has 0 saturated carbocycles. The van der Waals surface area contributed by atoms with Crippen molar-refractivity contribution in [2.75, 3.05) is 13.2 Å². The van der Waals surface area contributed by atoms with Crippen LogP contribution >= 0.6 is 0 Å². The number of nitrogens with zero attached hydrogens (tertiary/aromatic N) is 2. The molecule has 0 atom stereocenters. The molecule has 0 aliphatic rings. The Kier molecular flexibility index (Phi) is 5.04. The molecule has 0 bridgehead atoms. The van der Waals surface area contributed by atoms with Gasteiger partial charge in [0.05, 0.1) is 24.1 Å². The highest BCUT2D eigenvalue weighted by Crippen LogP contribution is 2.20. The maximum atomic E-state index is 5.78. The normalized spacial score (nSPS) is 10.7. The molecule has 1 heterocycles. The molecule has 2 aromatic carbocycles. The van der Waals surface area contributed by atoms with E-state index in [1.165, 1.54) is 11.9 Å². The lowest BCUT2D eigenvalue weighted by Crippen LogP contribution is -2.04. The average molecular weight is 308 g/mol. The predicted molar refractivity (Wildman–Crippen MR) is 90.9 cm³/mol. The fourth-order valence-electron chi connectivity index (χ4n) is 2.29. The number of unbranched alkanes of at least 4 members (excludes halogenated alkanes) is 1. The average Bonchev–Trinajstić information content (AvgIpc) is 2.59. The van der Waals surface area contributed by atoms with E-state index in [2.05, 4.69) is 29.0 Å². The second-order valence-electron chi connectivity index (χ2n) is 5.41. The van der Waals surface area contributed by atoms with Crippen molar-refractivity contribution in [3.63, 3.8) is 0 Å². The number of aryl methyl sites for hydroxylation is 1. The van der Waals surface area contributed by atoms with Crippen LogP contribution in [-0.4, -0.2) is 23.2 Å². The summed E-state index contributed by atoms with van der Waals surface area (Å²) in [7, 11) is 0. The Morgan fingerprint density at radius 1 is 0.826 bits per heavy atom. The highest BCUT2D eigenvalue weighted by molar-refractivity contribution is 5.82. The summed E-state index contributed by atoms with van der Waals surface area (Å²) in [5.74, 6) is 1.56. The number of para-hydroxylation sites is 1. The summed E-state index contributed by atoms with van der Waals surface area (Å²) >= 11 is 0. The Morgan fingerprint density at radius 3 is 2.39 bits per heavy atom. The quantitative estimate of drug-likeness (QED) is 0.614. The van der Waals surface area contributed by atoms with Gasteiger partial charge in [0.15, 0.2) is 0 Å². The van der Waals surface area contributed by atoms with Crippen LogP contribution in [0.3, 0.4) is 0 Å². The second kappa shape index (κ2) is 7.58. The third kappa shape index (κ3) is 4.19. The first-order valence-electron chi connectivity index (χ1n) is 7.85. The van der Waals surface area contributed by atoms with Crippen molar-refractivity contribution in [3.8, 4) is 11.6 Å². The van der Waals surface area contributed by atoms with Gasteiger partial charge in [0, 0.05) is 0 Å². The topological polar surface area (TPSA) is 44.2 Å². The van der Waals surface area contributed by atoms with Crippen molar-refractivity contribution >= 4 is 10.9 Å². The molecule has 0 unspecified atom stereocenters. The Bertz CT molecular complexity index is 751. The molecule has 0 N–H and O–H groups in total. The fraction of sp³-hybridized carbons (Fsp3) is 0.263. The Morgan fingerprint density at radius 2 is 1.57 bits per heavy atom. The molecule has 118 valence electrons. The molecule has 1 aromatic heterocycles. The number of aromatic nitrogens is 2. The van der Waals surface area contributed by atoms with Crippen LogP contribution in [0, 0.1) is 6.92 Å². The van der Waals surface area contributed by atoms with Crippen molar-refractivity contribution in [2.24, 2.45) is 0 Å². The van der Waals surface area contributed by atoms with Crippen LogP contribution in [0.15, 0.2) is 54.9 Å². The first-order valence-corrected chi connectivity index (χ1v) is 7.85. The van der Waals surface area contributed by atoms with Crippen LogP contribution in [0.1, 0.15) is 18.4 Å². The molecule has 0 aliphatic carbocycles. The van der Waals surface area contributed by atoms with E-state index in [1.54, 1.807) is 0 Å². The summed E-state index contributed by atoms with van der Waals surface area (Å²) in [6.45, 7) is 3.38. The molecular formula is C19H20N2O2. The molecule has 4 nitrogen and oxygen atoms in total. The smallest absolute Gasteiger partial charge is 0.224 e. The van der Waals surface area contributed by atoms with Crippen LogP contribution in [0.2, 0.25) is 0 Å². The van der Waals surface area contributed by atoms with E-state index in [9.17, 15) is 0 Å². The zero-order chi connectivity index (χ0) is 15.9. The van der Waals surface area contributed by atoms with Gasteiger partial charge in [-0.15, -0.1) is 0 Å².